The number of piperazine rings is 1. The van der Waals surface area contributed by atoms with E-state index in [1.54, 1.807) is 0 Å². The van der Waals surface area contributed by atoms with Crippen LogP contribution < -0.4 is 14.5 Å². The maximum atomic E-state index is 14.2. The number of benzene rings is 2. The van der Waals surface area contributed by atoms with Crippen LogP contribution in [0.25, 0.3) is 0 Å². The highest BCUT2D eigenvalue weighted by Gasteiger charge is 2.30. The predicted octanol–water partition coefficient (Wildman–Crippen LogP) is 2.05. The molecule has 0 spiro atoms. The molecular weight excluding hydrogens is 419 g/mol. The first-order valence-electron chi connectivity index (χ1n) is 10.2. The minimum atomic E-state index is -3.87. The van der Waals surface area contributed by atoms with Gasteiger partial charge in [0.05, 0.1) is 11.9 Å². The van der Waals surface area contributed by atoms with E-state index < -0.39 is 27.8 Å². The van der Waals surface area contributed by atoms with Gasteiger partial charge < -0.3 is 15.1 Å². The van der Waals surface area contributed by atoms with Gasteiger partial charge in [0.25, 0.3) is 0 Å². The van der Waals surface area contributed by atoms with E-state index in [0.29, 0.717) is 0 Å². The fourth-order valence-electron chi connectivity index (χ4n) is 3.64. The molecule has 1 saturated heterocycles. The van der Waals surface area contributed by atoms with Gasteiger partial charge >= 0.3 is 0 Å². The zero-order valence-electron chi connectivity index (χ0n) is 18.1. The predicted molar refractivity (Wildman–Crippen MR) is 121 cm³/mol. The molecule has 1 N–H and O–H groups in total. The number of nitrogens with zero attached hydrogens (tertiary/aromatic N) is 3. The van der Waals surface area contributed by atoms with Crippen molar-refractivity contribution in [2.75, 3.05) is 48.7 Å². The molecule has 0 radical (unpaired) electrons. The van der Waals surface area contributed by atoms with Gasteiger partial charge in [0.2, 0.25) is 15.9 Å². The summed E-state index contributed by atoms with van der Waals surface area (Å²) in [7, 11) is -1.75. The summed E-state index contributed by atoms with van der Waals surface area (Å²) in [5, 5.41) is 2.76. The Bertz CT molecular complexity index is 1010. The summed E-state index contributed by atoms with van der Waals surface area (Å²) < 4.78 is 39.6. The molecule has 1 unspecified atom stereocenters. The number of anilines is 2. The van der Waals surface area contributed by atoms with Gasteiger partial charge in [0, 0.05) is 38.4 Å². The molecule has 1 heterocycles. The van der Waals surface area contributed by atoms with Crippen molar-refractivity contribution in [1.82, 2.24) is 10.2 Å². The molecule has 0 bridgehead atoms. The van der Waals surface area contributed by atoms with Crippen molar-refractivity contribution >= 4 is 27.3 Å². The number of amides is 1. The molecule has 1 fully saturated rings. The second-order valence-electron chi connectivity index (χ2n) is 7.86. The van der Waals surface area contributed by atoms with E-state index in [0.717, 1.165) is 48.0 Å². The lowest BCUT2D eigenvalue weighted by molar-refractivity contribution is -0.122. The minimum Gasteiger partial charge on any atom is -0.369 e. The standard InChI is InChI=1S/C22H29FN4O3S/c1-17(27(31(3,29)30)21-7-5-4-6-20(21)23)22(28)24-16-18-8-10-19(11-9-18)26-14-12-25(2)13-15-26/h4-11,17H,12-16H2,1-3H3,(H,24,28). The normalized spacial score (nSPS) is 16.1. The molecule has 1 aliphatic rings. The maximum absolute atomic E-state index is 14.2. The first kappa shape index (κ1) is 23.0. The Kier molecular flexibility index (Phi) is 7.17. The molecule has 0 aliphatic carbocycles. The number of para-hydroxylation sites is 1. The van der Waals surface area contributed by atoms with Crippen molar-refractivity contribution < 1.29 is 17.6 Å². The van der Waals surface area contributed by atoms with Crippen LogP contribution in [0.3, 0.4) is 0 Å². The third-order valence-electron chi connectivity index (χ3n) is 5.45. The van der Waals surface area contributed by atoms with E-state index >= 15 is 0 Å². The topological polar surface area (TPSA) is 73.0 Å². The molecule has 1 amide bonds. The summed E-state index contributed by atoms with van der Waals surface area (Å²) in [4.78, 5) is 17.3. The number of carbonyl (C=O) groups is 1. The Hall–Kier alpha value is -2.65. The third kappa shape index (κ3) is 5.74. The van der Waals surface area contributed by atoms with Crippen LogP contribution in [0.2, 0.25) is 0 Å². The van der Waals surface area contributed by atoms with Gasteiger partial charge in [0.15, 0.2) is 0 Å². The summed E-state index contributed by atoms with van der Waals surface area (Å²) in [5.74, 6) is -1.20. The van der Waals surface area contributed by atoms with Crippen LogP contribution in [-0.4, -0.2) is 64.7 Å². The van der Waals surface area contributed by atoms with E-state index in [2.05, 4.69) is 22.2 Å². The fourth-order valence-corrected chi connectivity index (χ4v) is 4.81. The molecule has 2 aromatic carbocycles. The number of hydrogen-bond donors (Lipinski definition) is 1. The van der Waals surface area contributed by atoms with Crippen molar-refractivity contribution in [2.24, 2.45) is 0 Å². The van der Waals surface area contributed by atoms with Gasteiger partial charge in [-0.1, -0.05) is 24.3 Å². The van der Waals surface area contributed by atoms with Crippen LogP contribution in [0.1, 0.15) is 12.5 Å². The van der Waals surface area contributed by atoms with Crippen LogP contribution in [-0.2, 0) is 21.4 Å². The second-order valence-corrected chi connectivity index (χ2v) is 9.72. The Morgan fingerprint density at radius 3 is 2.29 bits per heavy atom. The number of halogens is 1. The van der Waals surface area contributed by atoms with E-state index in [1.165, 1.54) is 31.2 Å². The Balaban J connectivity index is 1.64. The SMILES string of the molecule is CC(C(=O)NCc1ccc(N2CCN(C)CC2)cc1)N(c1ccccc1F)S(C)(=O)=O. The molecule has 9 heteroatoms. The maximum Gasteiger partial charge on any atom is 0.243 e. The summed E-state index contributed by atoms with van der Waals surface area (Å²) >= 11 is 0. The number of sulfonamides is 1. The van der Waals surface area contributed by atoms with Crippen molar-refractivity contribution in [3.8, 4) is 0 Å². The molecular formula is C22H29FN4O3S. The summed E-state index contributed by atoms with van der Waals surface area (Å²) in [5.41, 5.74) is 1.89. The Morgan fingerprint density at radius 2 is 1.71 bits per heavy atom. The molecule has 168 valence electrons. The molecule has 7 nitrogen and oxygen atoms in total. The average molecular weight is 449 g/mol. The Labute approximate surface area is 183 Å². The van der Waals surface area contributed by atoms with Crippen molar-refractivity contribution in [1.29, 1.82) is 0 Å². The fraction of sp³-hybridized carbons (Fsp3) is 0.409. The van der Waals surface area contributed by atoms with Crippen LogP contribution in [0, 0.1) is 5.82 Å². The highest BCUT2D eigenvalue weighted by atomic mass is 32.2. The lowest BCUT2D eigenvalue weighted by atomic mass is 10.1. The minimum absolute atomic E-state index is 0.149. The van der Waals surface area contributed by atoms with Crippen LogP contribution in [0.15, 0.2) is 48.5 Å². The number of hydrogen-bond acceptors (Lipinski definition) is 5. The number of carbonyl (C=O) groups excluding carboxylic acids is 1. The molecule has 31 heavy (non-hydrogen) atoms. The quantitative estimate of drug-likeness (QED) is 0.702. The van der Waals surface area contributed by atoms with Crippen molar-refractivity contribution in [2.45, 2.75) is 19.5 Å². The number of likely N-dealkylation sites (N-methyl/N-ethyl adjacent to an activating group) is 1. The zero-order chi connectivity index (χ0) is 22.6. The second kappa shape index (κ2) is 9.65. The lowest BCUT2D eigenvalue weighted by Gasteiger charge is -2.34. The molecule has 1 atom stereocenters. The largest absolute Gasteiger partial charge is 0.369 e. The average Bonchev–Trinajstić information content (AvgIpc) is 2.73. The highest BCUT2D eigenvalue weighted by Crippen LogP contribution is 2.24. The molecule has 2 aromatic rings. The number of rotatable bonds is 7. The molecule has 0 saturated carbocycles. The van der Waals surface area contributed by atoms with E-state index in [-0.39, 0.29) is 12.2 Å². The summed E-state index contributed by atoms with van der Waals surface area (Å²) in [6.45, 7) is 5.69. The van der Waals surface area contributed by atoms with E-state index in [4.69, 9.17) is 0 Å². The Morgan fingerprint density at radius 1 is 1.10 bits per heavy atom. The number of nitrogens with one attached hydrogen (secondary N) is 1. The van der Waals surface area contributed by atoms with Crippen molar-refractivity contribution in [3.05, 3.63) is 59.9 Å². The highest BCUT2D eigenvalue weighted by molar-refractivity contribution is 7.92. The van der Waals surface area contributed by atoms with E-state index in [9.17, 15) is 17.6 Å². The zero-order valence-corrected chi connectivity index (χ0v) is 18.9. The van der Waals surface area contributed by atoms with Gasteiger partial charge in [0.1, 0.15) is 11.9 Å². The molecule has 3 rings (SSSR count). The monoisotopic (exact) mass is 448 g/mol. The first-order chi connectivity index (χ1) is 14.7. The van der Waals surface area contributed by atoms with Gasteiger partial charge in [-0.15, -0.1) is 0 Å². The van der Waals surface area contributed by atoms with E-state index in [1.807, 2.05) is 24.3 Å². The van der Waals surface area contributed by atoms with Gasteiger partial charge in [-0.3, -0.25) is 9.10 Å². The van der Waals surface area contributed by atoms with Gasteiger partial charge in [-0.05, 0) is 43.8 Å². The van der Waals surface area contributed by atoms with Crippen LogP contribution in [0.4, 0.5) is 15.8 Å². The summed E-state index contributed by atoms with van der Waals surface area (Å²) in [6, 6.07) is 12.4. The lowest BCUT2D eigenvalue weighted by Crippen LogP contribution is -2.48. The van der Waals surface area contributed by atoms with Gasteiger partial charge in [-0.25, -0.2) is 12.8 Å². The smallest absolute Gasteiger partial charge is 0.243 e. The first-order valence-corrected chi connectivity index (χ1v) is 12.1. The molecule has 0 aromatic heterocycles. The van der Waals surface area contributed by atoms with Crippen molar-refractivity contribution in [3.63, 3.8) is 0 Å². The summed E-state index contributed by atoms with van der Waals surface area (Å²) in [6.07, 6.45) is 0.959. The van der Waals surface area contributed by atoms with Crippen LogP contribution >= 0.6 is 0 Å². The van der Waals surface area contributed by atoms with Gasteiger partial charge in [-0.2, -0.15) is 0 Å². The van der Waals surface area contributed by atoms with Crippen LogP contribution in [0.5, 0.6) is 0 Å². The third-order valence-corrected chi connectivity index (χ3v) is 6.68. The molecule has 1 aliphatic heterocycles.